The highest BCUT2D eigenvalue weighted by molar-refractivity contribution is 5.97. The van der Waals surface area contributed by atoms with E-state index in [2.05, 4.69) is 48.7 Å². The van der Waals surface area contributed by atoms with E-state index < -0.39 is 0 Å². The summed E-state index contributed by atoms with van der Waals surface area (Å²) in [6.45, 7) is 13.0. The molecule has 1 unspecified atom stereocenters. The lowest BCUT2D eigenvalue weighted by atomic mass is 10.0. The Hall–Kier alpha value is -3.16. The first-order valence-corrected chi connectivity index (χ1v) is 12.0. The highest BCUT2D eigenvalue weighted by Crippen LogP contribution is 2.17. The Morgan fingerprint density at radius 2 is 1.85 bits per heavy atom. The number of aromatic nitrogens is 1. The van der Waals surface area contributed by atoms with Gasteiger partial charge in [0, 0.05) is 44.0 Å². The van der Waals surface area contributed by atoms with Crippen LogP contribution in [0.2, 0.25) is 0 Å². The fourth-order valence-electron chi connectivity index (χ4n) is 4.21. The molecule has 1 aromatic carbocycles. The number of aryl methyl sites for hydroxylation is 2. The monoisotopic (exact) mass is 468 g/mol. The van der Waals surface area contributed by atoms with Gasteiger partial charge in [0.05, 0.1) is 0 Å². The summed E-state index contributed by atoms with van der Waals surface area (Å²) in [5.41, 5.74) is 8.61. The summed E-state index contributed by atoms with van der Waals surface area (Å²) in [7, 11) is 0. The van der Waals surface area contributed by atoms with Crippen molar-refractivity contribution in [2.45, 2.75) is 47.1 Å². The highest BCUT2D eigenvalue weighted by Gasteiger charge is 2.25. The number of benzene rings is 1. The molecule has 1 aliphatic heterocycles. The number of nitrogens with zero attached hydrogens (tertiary/aromatic N) is 5. The van der Waals surface area contributed by atoms with E-state index in [1.54, 1.807) is 24.1 Å². The van der Waals surface area contributed by atoms with Crippen molar-refractivity contribution < 1.29 is 9.18 Å². The van der Waals surface area contributed by atoms with Crippen LogP contribution in [0.3, 0.4) is 0 Å². The number of anilines is 1. The molecule has 0 bridgehead atoms. The Kier molecular flexibility index (Phi) is 8.47. The van der Waals surface area contributed by atoms with Crippen molar-refractivity contribution in [1.29, 1.82) is 0 Å². The molecule has 1 aromatic heterocycles. The Labute approximate surface area is 202 Å². The molecule has 7 nitrogen and oxygen atoms in total. The minimum atomic E-state index is -0.281. The lowest BCUT2D eigenvalue weighted by molar-refractivity contribution is -0.133. The topological polar surface area (TPSA) is 78.1 Å². The van der Waals surface area contributed by atoms with Gasteiger partial charge in [-0.25, -0.2) is 9.37 Å². The number of nitrogens with two attached hydrogens (primary N) is 1. The molecule has 3 rings (SSSR count). The van der Waals surface area contributed by atoms with Crippen LogP contribution in [0.4, 0.5) is 10.2 Å². The largest absolute Gasteiger partial charge is 0.382 e. The summed E-state index contributed by atoms with van der Waals surface area (Å²) in [6.07, 6.45) is 2.69. The third-order valence-electron chi connectivity index (χ3n) is 6.17. The molecule has 184 valence electrons. The van der Waals surface area contributed by atoms with Gasteiger partial charge in [-0.3, -0.25) is 9.80 Å². The molecule has 1 aliphatic rings. The molecule has 2 aromatic rings. The van der Waals surface area contributed by atoms with Crippen molar-refractivity contribution in [1.82, 2.24) is 14.9 Å². The zero-order chi connectivity index (χ0) is 24.8. The second kappa shape index (κ2) is 11.3. The highest BCUT2D eigenvalue weighted by atomic mass is 19.1. The van der Waals surface area contributed by atoms with Gasteiger partial charge in [0.2, 0.25) is 5.91 Å². The molecule has 1 saturated heterocycles. The van der Waals surface area contributed by atoms with Crippen LogP contribution in [-0.4, -0.2) is 65.4 Å². The molecule has 8 heteroatoms. The molecule has 0 radical (unpaired) electrons. The van der Waals surface area contributed by atoms with Gasteiger partial charge in [0.25, 0.3) is 0 Å². The van der Waals surface area contributed by atoms with E-state index in [1.807, 2.05) is 17.2 Å². The van der Waals surface area contributed by atoms with Gasteiger partial charge < -0.3 is 15.5 Å². The minimum absolute atomic E-state index is 0.0271. The first kappa shape index (κ1) is 25.5. The third kappa shape index (κ3) is 6.68. The SMILES string of the molecule is Cc1ccnc(N2CCN(C(=O)CN(/N=C(\N)c3ccc(F)c(C)c3)C(C)CC(C)C)CC2)c1. The predicted molar refractivity (Wildman–Crippen MR) is 135 cm³/mol. The number of carbonyl (C=O) groups excluding carboxylic acids is 1. The van der Waals surface area contributed by atoms with Crippen LogP contribution in [0.25, 0.3) is 0 Å². The van der Waals surface area contributed by atoms with Crippen molar-refractivity contribution in [2.24, 2.45) is 16.8 Å². The van der Waals surface area contributed by atoms with Crippen molar-refractivity contribution in [3.05, 3.63) is 59.0 Å². The quantitative estimate of drug-likeness (QED) is 0.364. The van der Waals surface area contributed by atoms with Crippen LogP contribution in [0.5, 0.6) is 0 Å². The number of hydrogen-bond acceptors (Lipinski definition) is 5. The summed E-state index contributed by atoms with van der Waals surface area (Å²) in [5.74, 6) is 1.42. The van der Waals surface area contributed by atoms with Crippen molar-refractivity contribution in [3.8, 4) is 0 Å². The van der Waals surface area contributed by atoms with Gasteiger partial charge in [-0.05, 0) is 74.6 Å². The van der Waals surface area contributed by atoms with Crippen LogP contribution in [0.15, 0.2) is 41.6 Å². The van der Waals surface area contributed by atoms with E-state index >= 15 is 0 Å². The second-order valence-electron chi connectivity index (χ2n) is 9.58. The molecule has 2 N–H and O–H groups in total. The molecule has 1 fully saturated rings. The smallest absolute Gasteiger partial charge is 0.243 e. The van der Waals surface area contributed by atoms with Crippen LogP contribution >= 0.6 is 0 Å². The maximum Gasteiger partial charge on any atom is 0.243 e. The maximum absolute atomic E-state index is 13.7. The maximum atomic E-state index is 13.7. The van der Waals surface area contributed by atoms with E-state index in [4.69, 9.17) is 5.73 Å². The Bertz CT molecular complexity index is 1020. The van der Waals surface area contributed by atoms with Gasteiger partial charge in [-0.15, -0.1) is 0 Å². The number of amidine groups is 1. The van der Waals surface area contributed by atoms with Crippen molar-refractivity contribution in [2.75, 3.05) is 37.6 Å². The van der Waals surface area contributed by atoms with E-state index in [-0.39, 0.29) is 30.1 Å². The number of piperazine rings is 1. The summed E-state index contributed by atoms with van der Waals surface area (Å²) in [6, 6.07) is 8.77. The summed E-state index contributed by atoms with van der Waals surface area (Å²) in [5, 5.41) is 6.40. The lowest BCUT2D eigenvalue weighted by Crippen LogP contribution is -2.52. The molecule has 0 saturated carbocycles. The fraction of sp³-hybridized carbons (Fsp3) is 0.500. The van der Waals surface area contributed by atoms with Crippen LogP contribution < -0.4 is 10.6 Å². The zero-order valence-corrected chi connectivity index (χ0v) is 21.0. The van der Waals surface area contributed by atoms with Gasteiger partial charge in [-0.2, -0.15) is 5.10 Å². The number of amides is 1. The number of carbonyl (C=O) groups is 1. The summed E-state index contributed by atoms with van der Waals surface area (Å²) >= 11 is 0. The first-order valence-electron chi connectivity index (χ1n) is 12.0. The molecule has 0 aliphatic carbocycles. The number of hydrazone groups is 1. The minimum Gasteiger partial charge on any atom is -0.382 e. The van der Waals surface area contributed by atoms with Gasteiger partial charge >= 0.3 is 0 Å². The standard InChI is InChI=1S/C26H37FN6O/c1-18(2)14-21(5)33(30-26(28)22-6-7-23(27)20(4)16-22)17-25(34)32-12-10-31(11-13-32)24-15-19(3)8-9-29-24/h6-9,15-16,18,21H,10-14,17H2,1-5H3,(H2,28,30). The zero-order valence-electron chi connectivity index (χ0n) is 21.0. The van der Waals surface area contributed by atoms with E-state index in [0.717, 1.165) is 25.3 Å². The third-order valence-corrected chi connectivity index (χ3v) is 6.17. The summed E-state index contributed by atoms with van der Waals surface area (Å²) in [4.78, 5) is 21.8. The van der Waals surface area contributed by atoms with Gasteiger partial charge in [0.15, 0.2) is 5.84 Å². The van der Waals surface area contributed by atoms with Crippen LogP contribution in [0, 0.1) is 25.6 Å². The van der Waals surface area contributed by atoms with E-state index in [0.29, 0.717) is 30.1 Å². The van der Waals surface area contributed by atoms with E-state index in [1.165, 1.54) is 11.6 Å². The average molecular weight is 469 g/mol. The van der Waals surface area contributed by atoms with Crippen LogP contribution in [-0.2, 0) is 4.79 Å². The average Bonchev–Trinajstić information content (AvgIpc) is 2.80. The number of rotatable bonds is 8. The number of halogens is 1. The van der Waals surface area contributed by atoms with Gasteiger partial charge in [0.1, 0.15) is 18.2 Å². The molecule has 34 heavy (non-hydrogen) atoms. The predicted octanol–water partition coefficient (Wildman–Crippen LogP) is 3.54. The number of hydrogen-bond donors (Lipinski definition) is 1. The molecule has 1 amide bonds. The molecule has 0 spiro atoms. The molecular weight excluding hydrogens is 431 g/mol. The van der Waals surface area contributed by atoms with Crippen molar-refractivity contribution in [3.63, 3.8) is 0 Å². The normalized spacial score (nSPS) is 15.6. The van der Waals surface area contributed by atoms with Crippen LogP contribution in [0.1, 0.15) is 43.9 Å². The lowest BCUT2D eigenvalue weighted by Gasteiger charge is -2.37. The number of pyridine rings is 1. The Balaban J connectivity index is 1.69. The first-order chi connectivity index (χ1) is 16.1. The molecule has 1 atom stereocenters. The summed E-state index contributed by atoms with van der Waals surface area (Å²) < 4.78 is 13.7. The van der Waals surface area contributed by atoms with E-state index in [9.17, 15) is 9.18 Å². The Morgan fingerprint density at radius 3 is 2.47 bits per heavy atom. The fourth-order valence-corrected chi connectivity index (χ4v) is 4.21. The Morgan fingerprint density at radius 1 is 1.15 bits per heavy atom. The molecular formula is C26H37FN6O. The van der Waals surface area contributed by atoms with Gasteiger partial charge in [-0.1, -0.05) is 13.8 Å². The second-order valence-corrected chi connectivity index (χ2v) is 9.58. The molecule has 2 heterocycles. The van der Waals surface area contributed by atoms with Crippen molar-refractivity contribution >= 4 is 17.6 Å².